The van der Waals surface area contributed by atoms with Gasteiger partial charge in [0, 0.05) is 11.6 Å². The van der Waals surface area contributed by atoms with Crippen LogP contribution in [0.15, 0.2) is 40.3 Å². The number of nitrogens with one attached hydrogen (secondary N) is 1. The third-order valence-corrected chi connectivity index (χ3v) is 4.52. The molecule has 0 saturated carbocycles. The summed E-state index contributed by atoms with van der Waals surface area (Å²) in [7, 11) is 0. The van der Waals surface area contributed by atoms with E-state index in [4.69, 9.17) is 17.3 Å². The molecule has 8 heteroatoms. The van der Waals surface area contributed by atoms with E-state index in [0.29, 0.717) is 28.7 Å². The Morgan fingerprint density at radius 3 is 2.78 bits per heavy atom. The Morgan fingerprint density at radius 1 is 1.26 bits per heavy atom. The standard InChI is InChI=1S/C15H16ClN5OS/c16-7-4-8-23-14-19-12(17)11-13(20-14)21(15(22)18-11)9-10-5-2-1-3-6-10/h1-3,5-6H,4,7-9H2,(H,18,22)(H2,17,19,20). The molecule has 0 amide bonds. The number of nitrogens with two attached hydrogens (primary N) is 1. The lowest BCUT2D eigenvalue weighted by Gasteiger charge is -2.05. The van der Waals surface area contributed by atoms with Crippen molar-refractivity contribution in [3.8, 4) is 0 Å². The van der Waals surface area contributed by atoms with Crippen LogP contribution in [0.1, 0.15) is 12.0 Å². The second-order valence-electron chi connectivity index (χ2n) is 4.98. The number of alkyl halides is 1. The quantitative estimate of drug-likeness (QED) is 0.309. The highest BCUT2D eigenvalue weighted by Gasteiger charge is 2.14. The molecule has 0 bridgehead atoms. The van der Waals surface area contributed by atoms with E-state index in [2.05, 4.69) is 15.0 Å². The monoisotopic (exact) mass is 349 g/mol. The summed E-state index contributed by atoms with van der Waals surface area (Å²) < 4.78 is 1.58. The molecule has 120 valence electrons. The van der Waals surface area contributed by atoms with Crippen LogP contribution in [0, 0.1) is 0 Å². The van der Waals surface area contributed by atoms with Gasteiger partial charge in [-0.05, 0) is 12.0 Å². The molecule has 0 unspecified atom stereocenters. The minimum absolute atomic E-state index is 0.243. The van der Waals surface area contributed by atoms with Gasteiger partial charge in [0.05, 0.1) is 6.54 Å². The van der Waals surface area contributed by atoms with E-state index in [1.807, 2.05) is 30.3 Å². The molecule has 0 saturated heterocycles. The van der Waals surface area contributed by atoms with Crippen LogP contribution in [0.3, 0.4) is 0 Å². The number of imidazole rings is 1. The second kappa shape index (κ2) is 7.06. The largest absolute Gasteiger partial charge is 0.382 e. The third kappa shape index (κ3) is 3.51. The molecular weight excluding hydrogens is 334 g/mol. The first-order valence-electron chi connectivity index (χ1n) is 7.17. The number of H-pyrrole nitrogens is 1. The number of halogens is 1. The summed E-state index contributed by atoms with van der Waals surface area (Å²) in [4.78, 5) is 23.7. The number of hydrogen-bond donors (Lipinski definition) is 2. The van der Waals surface area contributed by atoms with E-state index in [1.54, 1.807) is 4.57 Å². The molecule has 0 radical (unpaired) electrons. The molecule has 0 spiro atoms. The Morgan fingerprint density at radius 2 is 2.04 bits per heavy atom. The van der Waals surface area contributed by atoms with E-state index in [-0.39, 0.29) is 11.5 Å². The Bertz CT molecular complexity index is 861. The highest BCUT2D eigenvalue weighted by molar-refractivity contribution is 7.99. The molecular formula is C15H16ClN5OS. The molecule has 0 aliphatic rings. The molecule has 1 aromatic carbocycles. The van der Waals surface area contributed by atoms with Crippen molar-refractivity contribution in [3.05, 3.63) is 46.4 Å². The Kier molecular flexibility index (Phi) is 4.88. The normalized spacial score (nSPS) is 11.2. The topological polar surface area (TPSA) is 89.6 Å². The van der Waals surface area contributed by atoms with Gasteiger partial charge < -0.3 is 10.7 Å². The summed E-state index contributed by atoms with van der Waals surface area (Å²) in [6, 6.07) is 9.74. The van der Waals surface area contributed by atoms with Crippen LogP contribution in [-0.4, -0.2) is 31.2 Å². The van der Waals surface area contributed by atoms with Gasteiger partial charge in [-0.25, -0.2) is 14.8 Å². The van der Waals surface area contributed by atoms with Gasteiger partial charge in [-0.3, -0.25) is 4.57 Å². The molecule has 0 aliphatic heterocycles. The lowest BCUT2D eigenvalue weighted by molar-refractivity contribution is 0.771. The van der Waals surface area contributed by atoms with E-state index < -0.39 is 0 Å². The lowest BCUT2D eigenvalue weighted by Crippen LogP contribution is -2.17. The first-order valence-corrected chi connectivity index (χ1v) is 8.70. The number of aromatic amines is 1. The van der Waals surface area contributed by atoms with Crippen LogP contribution in [0.5, 0.6) is 0 Å². The van der Waals surface area contributed by atoms with Crippen molar-refractivity contribution in [2.24, 2.45) is 0 Å². The minimum Gasteiger partial charge on any atom is -0.382 e. The van der Waals surface area contributed by atoms with Gasteiger partial charge in [-0.2, -0.15) is 0 Å². The SMILES string of the molecule is Nc1nc(SCCCCl)nc2c1[nH]c(=O)n2Cc1ccccc1. The third-order valence-electron chi connectivity index (χ3n) is 3.32. The molecule has 3 N–H and O–H groups in total. The van der Waals surface area contributed by atoms with Crippen LogP contribution >= 0.6 is 23.4 Å². The van der Waals surface area contributed by atoms with Crippen molar-refractivity contribution in [2.75, 3.05) is 17.4 Å². The maximum absolute atomic E-state index is 12.2. The van der Waals surface area contributed by atoms with Gasteiger partial charge in [0.15, 0.2) is 16.6 Å². The molecule has 3 rings (SSSR count). The van der Waals surface area contributed by atoms with Crippen molar-refractivity contribution >= 4 is 40.3 Å². The van der Waals surface area contributed by atoms with Gasteiger partial charge in [0.1, 0.15) is 5.52 Å². The molecule has 3 aromatic rings. The summed E-state index contributed by atoms with van der Waals surface area (Å²) in [6.07, 6.45) is 0.859. The Balaban J connectivity index is 2.00. The molecule has 2 aromatic heterocycles. The predicted molar refractivity (Wildman–Crippen MR) is 94.2 cm³/mol. The van der Waals surface area contributed by atoms with E-state index in [9.17, 15) is 4.79 Å². The highest BCUT2D eigenvalue weighted by atomic mass is 35.5. The molecule has 0 atom stereocenters. The zero-order valence-electron chi connectivity index (χ0n) is 12.3. The van der Waals surface area contributed by atoms with Crippen molar-refractivity contribution in [3.63, 3.8) is 0 Å². The zero-order valence-corrected chi connectivity index (χ0v) is 13.9. The van der Waals surface area contributed by atoms with Gasteiger partial charge in [0.25, 0.3) is 0 Å². The average molecular weight is 350 g/mol. The maximum Gasteiger partial charge on any atom is 0.328 e. The molecule has 2 heterocycles. The van der Waals surface area contributed by atoms with Crippen molar-refractivity contribution in [1.29, 1.82) is 0 Å². The van der Waals surface area contributed by atoms with Crippen LogP contribution in [0.25, 0.3) is 11.2 Å². The molecule has 6 nitrogen and oxygen atoms in total. The smallest absolute Gasteiger partial charge is 0.328 e. The number of hydrogen-bond acceptors (Lipinski definition) is 5. The van der Waals surface area contributed by atoms with Crippen LogP contribution in [0.2, 0.25) is 0 Å². The number of benzene rings is 1. The van der Waals surface area contributed by atoms with Crippen LogP contribution < -0.4 is 11.4 Å². The first kappa shape index (κ1) is 15.9. The van der Waals surface area contributed by atoms with E-state index in [0.717, 1.165) is 17.7 Å². The zero-order chi connectivity index (χ0) is 16.2. The van der Waals surface area contributed by atoms with Gasteiger partial charge in [-0.15, -0.1) is 11.6 Å². The lowest BCUT2D eigenvalue weighted by atomic mass is 10.2. The van der Waals surface area contributed by atoms with Crippen LogP contribution in [-0.2, 0) is 6.54 Å². The number of anilines is 1. The molecule has 23 heavy (non-hydrogen) atoms. The van der Waals surface area contributed by atoms with Gasteiger partial charge in [-0.1, -0.05) is 42.1 Å². The fraction of sp³-hybridized carbons (Fsp3) is 0.267. The summed E-state index contributed by atoms with van der Waals surface area (Å²) in [5, 5.41) is 0.556. The van der Waals surface area contributed by atoms with Gasteiger partial charge >= 0.3 is 5.69 Å². The van der Waals surface area contributed by atoms with Gasteiger partial charge in [0.2, 0.25) is 0 Å². The minimum atomic E-state index is -0.243. The summed E-state index contributed by atoms with van der Waals surface area (Å²) in [5.41, 5.74) is 7.74. The number of thioether (sulfide) groups is 1. The number of nitrogen functional groups attached to an aromatic ring is 1. The fourth-order valence-electron chi connectivity index (χ4n) is 2.23. The number of fused-ring (bicyclic) bond motifs is 1. The first-order chi connectivity index (χ1) is 11.2. The number of rotatable bonds is 6. The van der Waals surface area contributed by atoms with Crippen LogP contribution in [0.4, 0.5) is 5.82 Å². The Labute approximate surface area is 142 Å². The second-order valence-corrected chi connectivity index (χ2v) is 6.42. The van der Waals surface area contributed by atoms with E-state index in [1.165, 1.54) is 11.8 Å². The summed E-state index contributed by atoms with van der Waals surface area (Å²) in [6.45, 7) is 0.432. The molecule has 0 aliphatic carbocycles. The van der Waals surface area contributed by atoms with Crippen molar-refractivity contribution < 1.29 is 0 Å². The predicted octanol–water partition coefficient (Wildman–Crippen LogP) is 2.47. The Hall–Kier alpha value is -1.99. The van der Waals surface area contributed by atoms with E-state index >= 15 is 0 Å². The van der Waals surface area contributed by atoms with Crippen molar-refractivity contribution in [2.45, 2.75) is 18.1 Å². The van der Waals surface area contributed by atoms with Crippen molar-refractivity contribution in [1.82, 2.24) is 19.5 Å². The maximum atomic E-state index is 12.2. The highest BCUT2D eigenvalue weighted by Crippen LogP contribution is 2.21. The number of aromatic nitrogens is 4. The summed E-state index contributed by atoms with van der Waals surface area (Å²) >= 11 is 7.17. The fourth-order valence-corrected chi connectivity index (χ4v) is 3.30. The molecule has 0 fully saturated rings. The average Bonchev–Trinajstić information content (AvgIpc) is 2.86. The number of nitrogens with zero attached hydrogens (tertiary/aromatic N) is 3. The summed E-state index contributed by atoms with van der Waals surface area (Å²) in [5.74, 6) is 1.68.